The monoisotopic (exact) mass is 351 g/mol. The first-order valence-electron chi connectivity index (χ1n) is 8.89. The van der Waals surface area contributed by atoms with Crippen LogP contribution >= 0.6 is 0 Å². The van der Waals surface area contributed by atoms with Crippen LogP contribution in [0.3, 0.4) is 0 Å². The number of hydrogen-bond donors (Lipinski definition) is 0. The van der Waals surface area contributed by atoms with Gasteiger partial charge in [0.25, 0.3) is 0 Å². The largest absolute Gasteiger partial charge is 0.494 e. The molecule has 0 aliphatic carbocycles. The van der Waals surface area contributed by atoms with Crippen molar-refractivity contribution < 1.29 is 9.15 Å². The molecule has 0 saturated carbocycles. The maximum Gasteiger partial charge on any atom is 0.247 e. The molecule has 0 radical (unpaired) electrons. The van der Waals surface area contributed by atoms with E-state index in [9.17, 15) is 0 Å². The Kier molecular flexibility index (Phi) is 5.68. The summed E-state index contributed by atoms with van der Waals surface area (Å²) in [6.07, 6.45) is 0. The lowest BCUT2D eigenvalue weighted by Crippen LogP contribution is -2.22. The maximum atomic E-state index is 5.90. The molecule has 0 aliphatic heterocycles. The second-order valence-corrected chi connectivity index (χ2v) is 6.48. The molecule has 136 valence electrons. The Labute approximate surface area is 154 Å². The predicted octanol–water partition coefficient (Wildman–Crippen LogP) is 4.64. The SMILES string of the molecule is CCOc1ccc(CN(C)[C@H](C)c2nnc(-c3ccc(C)cc3)o2)cc1. The third-order valence-electron chi connectivity index (χ3n) is 4.42. The van der Waals surface area contributed by atoms with Crippen LogP contribution < -0.4 is 4.74 Å². The van der Waals surface area contributed by atoms with Gasteiger partial charge in [-0.3, -0.25) is 4.90 Å². The molecule has 1 atom stereocenters. The van der Waals surface area contributed by atoms with Crippen LogP contribution in [0.1, 0.15) is 36.9 Å². The third-order valence-corrected chi connectivity index (χ3v) is 4.42. The van der Waals surface area contributed by atoms with Gasteiger partial charge < -0.3 is 9.15 Å². The van der Waals surface area contributed by atoms with E-state index >= 15 is 0 Å². The molecule has 3 rings (SSSR count). The average molecular weight is 351 g/mol. The summed E-state index contributed by atoms with van der Waals surface area (Å²) in [5.41, 5.74) is 3.36. The molecule has 3 aromatic rings. The Morgan fingerprint density at radius 2 is 1.73 bits per heavy atom. The summed E-state index contributed by atoms with van der Waals surface area (Å²) in [5, 5.41) is 8.44. The Hall–Kier alpha value is -2.66. The molecule has 0 N–H and O–H groups in total. The molecule has 0 spiro atoms. The van der Waals surface area contributed by atoms with Gasteiger partial charge >= 0.3 is 0 Å². The van der Waals surface area contributed by atoms with Crippen molar-refractivity contribution in [1.82, 2.24) is 15.1 Å². The zero-order valence-electron chi connectivity index (χ0n) is 15.8. The summed E-state index contributed by atoms with van der Waals surface area (Å²) in [4.78, 5) is 2.18. The maximum absolute atomic E-state index is 5.90. The average Bonchev–Trinajstić information content (AvgIpc) is 3.13. The van der Waals surface area contributed by atoms with Crippen LogP contribution in [0.4, 0.5) is 0 Å². The van der Waals surface area contributed by atoms with Crippen LogP contribution in [0.15, 0.2) is 52.9 Å². The van der Waals surface area contributed by atoms with Crippen LogP contribution in [0.5, 0.6) is 5.75 Å². The van der Waals surface area contributed by atoms with Gasteiger partial charge in [-0.25, -0.2) is 0 Å². The van der Waals surface area contributed by atoms with E-state index in [1.807, 2.05) is 43.3 Å². The number of rotatable bonds is 7. The second kappa shape index (κ2) is 8.15. The number of nitrogens with zero attached hydrogens (tertiary/aromatic N) is 3. The molecule has 5 heteroatoms. The van der Waals surface area contributed by atoms with Gasteiger partial charge in [-0.15, -0.1) is 10.2 Å². The van der Waals surface area contributed by atoms with Gasteiger partial charge in [0.2, 0.25) is 11.8 Å². The second-order valence-electron chi connectivity index (χ2n) is 6.48. The Bertz CT molecular complexity index is 825. The van der Waals surface area contributed by atoms with Crippen LogP contribution in [0.25, 0.3) is 11.5 Å². The third kappa shape index (κ3) is 4.29. The van der Waals surface area contributed by atoms with Gasteiger partial charge in [-0.1, -0.05) is 29.8 Å². The van der Waals surface area contributed by atoms with E-state index in [1.54, 1.807) is 0 Å². The highest BCUT2D eigenvalue weighted by Gasteiger charge is 2.19. The fourth-order valence-corrected chi connectivity index (χ4v) is 2.69. The zero-order valence-corrected chi connectivity index (χ0v) is 15.8. The Morgan fingerprint density at radius 3 is 2.38 bits per heavy atom. The van der Waals surface area contributed by atoms with Crippen molar-refractivity contribution in [2.45, 2.75) is 33.4 Å². The minimum atomic E-state index is 0.0215. The summed E-state index contributed by atoms with van der Waals surface area (Å²) in [7, 11) is 2.05. The molecule has 5 nitrogen and oxygen atoms in total. The molecule has 0 saturated heterocycles. The molecule has 1 aromatic heterocycles. The summed E-state index contributed by atoms with van der Waals surface area (Å²) >= 11 is 0. The van der Waals surface area contributed by atoms with Crippen molar-refractivity contribution in [3.8, 4) is 17.2 Å². The van der Waals surface area contributed by atoms with Crippen molar-refractivity contribution in [3.05, 3.63) is 65.5 Å². The van der Waals surface area contributed by atoms with Crippen LogP contribution in [0, 0.1) is 6.92 Å². The van der Waals surface area contributed by atoms with Crippen molar-refractivity contribution in [3.63, 3.8) is 0 Å². The molecule has 0 bridgehead atoms. The lowest BCUT2D eigenvalue weighted by molar-refractivity contribution is 0.218. The minimum Gasteiger partial charge on any atom is -0.494 e. The topological polar surface area (TPSA) is 51.4 Å². The molecular weight excluding hydrogens is 326 g/mol. The van der Waals surface area contributed by atoms with E-state index in [4.69, 9.17) is 9.15 Å². The van der Waals surface area contributed by atoms with E-state index in [0.717, 1.165) is 17.9 Å². The molecular formula is C21H25N3O2. The van der Waals surface area contributed by atoms with Crippen molar-refractivity contribution in [2.24, 2.45) is 0 Å². The highest BCUT2D eigenvalue weighted by atomic mass is 16.5. The first-order valence-corrected chi connectivity index (χ1v) is 8.89. The summed E-state index contributed by atoms with van der Waals surface area (Å²) in [5.74, 6) is 2.07. The van der Waals surface area contributed by atoms with Gasteiger partial charge in [-0.05, 0) is 57.6 Å². The Morgan fingerprint density at radius 1 is 1.04 bits per heavy atom. The van der Waals surface area contributed by atoms with Crippen molar-refractivity contribution in [2.75, 3.05) is 13.7 Å². The van der Waals surface area contributed by atoms with Crippen molar-refractivity contribution >= 4 is 0 Å². The molecule has 26 heavy (non-hydrogen) atoms. The van der Waals surface area contributed by atoms with Gasteiger partial charge in [-0.2, -0.15) is 0 Å². The van der Waals surface area contributed by atoms with Gasteiger partial charge in [0.05, 0.1) is 12.6 Å². The quantitative estimate of drug-likeness (QED) is 0.621. The fraction of sp³-hybridized carbons (Fsp3) is 0.333. The summed E-state index contributed by atoms with van der Waals surface area (Å²) in [6, 6.07) is 16.3. The lowest BCUT2D eigenvalue weighted by atomic mass is 10.1. The number of hydrogen-bond acceptors (Lipinski definition) is 5. The molecule has 0 aliphatic rings. The van der Waals surface area contributed by atoms with E-state index in [2.05, 4.69) is 48.1 Å². The van der Waals surface area contributed by atoms with E-state index in [-0.39, 0.29) is 6.04 Å². The first-order chi connectivity index (χ1) is 12.6. The normalized spacial score (nSPS) is 12.3. The molecule has 0 amide bonds. The Balaban J connectivity index is 1.66. The first kappa shape index (κ1) is 18.1. The van der Waals surface area contributed by atoms with Gasteiger partial charge in [0.1, 0.15) is 5.75 Å². The van der Waals surface area contributed by atoms with Gasteiger partial charge in [0.15, 0.2) is 0 Å². The number of ether oxygens (including phenoxy) is 1. The van der Waals surface area contributed by atoms with Gasteiger partial charge in [0, 0.05) is 12.1 Å². The molecule has 1 heterocycles. The van der Waals surface area contributed by atoms with Crippen LogP contribution in [-0.4, -0.2) is 28.8 Å². The highest BCUT2D eigenvalue weighted by Crippen LogP contribution is 2.24. The van der Waals surface area contributed by atoms with Crippen LogP contribution in [-0.2, 0) is 6.54 Å². The summed E-state index contributed by atoms with van der Waals surface area (Å²) in [6.45, 7) is 7.58. The van der Waals surface area contributed by atoms with E-state index < -0.39 is 0 Å². The van der Waals surface area contributed by atoms with E-state index in [0.29, 0.717) is 18.4 Å². The fourth-order valence-electron chi connectivity index (χ4n) is 2.69. The predicted molar refractivity (Wildman–Crippen MR) is 102 cm³/mol. The minimum absolute atomic E-state index is 0.0215. The standard InChI is InChI=1S/C21H25N3O2/c1-5-25-19-12-8-17(9-13-19)14-24(4)16(3)20-22-23-21(26-20)18-10-6-15(2)7-11-18/h6-13,16H,5,14H2,1-4H3/t16-/m1/s1. The number of aryl methyl sites for hydroxylation is 1. The summed E-state index contributed by atoms with van der Waals surface area (Å²) < 4.78 is 11.4. The molecule has 0 unspecified atom stereocenters. The van der Waals surface area contributed by atoms with E-state index in [1.165, 1.54) is 11.1 Å². The molecule has 2 aromatic carbocycles. The number of benzene rings is 2. The smallest absolute Gasteiger partial charge is 0.247 e. The molecule has 0 fully saturated rings. The van der Waals surface area contributed by atoms with Crippen molar-refractivity contribution in [1.29, 1.82) is 0 Å². The lowest BCUT2D eigenvalue weighted by Gasteiger charge is -2.21. The highest BCUT2D eigenvalue weighted by molar-refractivity contribution is 5.52. The van der Waals surface area contributed by atoms with Crippen LogP contribution in [0.2, 0.25) is 0 Å². The number of aromatic nitrogens is 2. The zero-order chi connectivity index (χ0) is 18.5.